The average molecular weight is 285 g/mol. The quantitative estimate of drug-likeness (QED) is 0.801. The molecule has 3 rings (SSSR count). The molecule has 0 unspecified atom stereocenters. The molecule has 1 amide bonds. The van der Waals surface area contributed by atoms with Crippen molar-refractivity contribution in [3.8, 4) is 0 Å². The summed E-state index contributed by atoms with van der Waals surface area (Å²) in [5, 5.41) is 6.94. The molecule has 3 aromatic rings. The van der Waals surface area contributed by atoms with Crippen LogP contribution in [0.2, 0.25) is 0 Å². The molecule has 0 bridgehead atoms. The lowest BCUT2D eigenvalue weighted by Crippen LogP contribution is -2.25. The van der Waals surface area contributed by atoms with E-state index in [1.165, 1.54) is 0 Å². The molecule has 0 fully saturated rings. The number of thiazole rings is 1. The van der Waals surface area contributed by atoms with E-state index in [1.54, 1.807) is 17.5 Å². The van der Waals surface area contributed by atoms with Crippen LogP contribution in [-0.2, 0) is 13.5 Å². The van der Waals surface area contributed by atoms with Gasteiger partial charge in [0.05, 0.1) is 10.6 Å². The van der Waals surface area contributed by atoms with Gasteiger partial charge in [0, 0.05) is 48.7 Å². The summed E-state index contributed by atoms with van der Waals surface area (Å²) in [7, 11) is 1.95. The van der Waals surface area contributed by atoms with Crippen molar-refractivity contribution < 1.29 is 4.79 Å². The van der Waals surface area contributed by atoms with Gasteiger partial charge in [-0.2, -0.15) is 0 Å². The molecule has 0 aliphatic heterocycles. The van der Waals surface area contributed by atoms with Gasteiger partial charge in [0.2, 0.25) is 0 Å². The second kappa shape index (κ2) is 5.46. The lowest BCUT2D eigenvalue weighted by Gasteiger charge is -2.02. The average Bonchev–Trinajstić information content (AvgIpc) is 3.08. The van der Waals surface area contributed by atoms with Gasteiger partial charge < -0.3 is 9.88 Å². The van der Waals surface area contributed by atoms with Gasteiger partial charge >= 0.3 is 0 Å². The maximum absolute atomic E-state index is 12.3. The minimum Gasteiger partial charge on any atom is -0.352 e. The van der Waals surface area contributed by atoms with Crippen LogP contribution in [0.4, 0.5) is 0 Å². The number of aryl methyl sites for hydroxylation is 1. The van der Waals surface area contributed by atoms with Crippen molar-refractivity contribution in [2.24, 2.45) is 7.05 Å². The molecule has 0 saturated heterocycles. The standard InChI is InChI=1S/C15H15N3OS/c1-18-10-12(11-4-2-3-5-13(11)18)15(19)17-7-6-14-16-8-9-20-14/h2-5,8-10H,6-7H2,1H3,(H,17,19). The van der Waals surface area contributed by atoms with E-state index in [1.807, 2.05) is 47.5 Å². The Hall–Kier alpha value is -2.14. The lowest BCUT2D eigenvalue weighted by atomic mass is 10.1. The summed E-state index contributed by atoms with van der Waals surface area (Å²) in [5.74, 6) is -0.0293. The first-order chi connectivity index (χ1) is 9.75. The highest BCUT2D eigenvalue weighted by Crippen LogP contribution is 2.20. The molecular weight excluding hydrogens is 270 g/mol. The van der Waals surface area contributed by atoms with Gasteiger partial charge in [-0.1, -0.05) is 18.2 Å². The van der Waals surface area contributed by atoms with Crippen molar-refractivity contribution in [2.75, 3.05) is 6.54 Å². The molecule has 0 atom stereocenters. The Kier molecular flexibility index (Phi) is 3.52. The van der Waals surface area contributed by atoms with Crippen LogP contribution < -0.4 is 5.32 Å². The maximum Gasteiger partial charge on any atom is 0.253 e. The predicted molar refractivity (Wildman–Crippen MR) is 81.1 cm³/mol. The molecule has 0 aliphatic rings. The van der Waals surface area contributed by atoms with E-state index in [0.717, 1.165) is 27.9 Å². The Balaban J connectivity index is 1.72. The normalized spacial score (nSPS) is 10.8. The van der Waals surface area contributed by atoms with Gasteiger partial charge in [-0.05, 0) is 6.07 Å². The van der Waals surface area contributed by atoms with Gasteiger partial charge in [0.1, 0.15) is 0 Å². The molecule has 102 valence electrons. The molecule has 0 saturated carbocycles. The first-order valence-corrected chi connectivity index (χ1v) is 7.34. The number of nitrogens with zero attached hydrogens (tertiary/aromatic N) is 2. The molecule has 4 nitrogen and oxygen atoms in total. The first kappa shape index (κ1) is 12.9. The fraction of sp³-hybridized carbons (Fsp3) is 0.200. The van der Waals surface area contributed by atoms with Crippen LogP contribution in [-0.4, -0.2) is 22.0 Å². The largest absolute Gasteiger partial charge is 0.352 e. The summed E-state index contributed by atoms with van der Waals surface area (Å²) in [4.78, 5) is 16.5. The highest BCUT2D eigenvalue weighted by molar-refractivity contribution is 7.09. The van der Waals surface area contributed by atoms with Gasteiger partial charge in [-0.3, -0.25) is 4.79 Å². The van der Waals surface area contributed by atoms with Crippen molar-refractivity contribution in [1.82, 2.24) is 14.9 Å². The highest BCUT2D eigenvalue weighted by Gasteiger charge is 2.12. The number of hydrogen-bond acceptors (Lipinski definition) is 3. The van der Waals surface area contributed by atoms with Crippen molar-refractivity contribution in [1.29, 1.82) is 0 Å². The van der Waals surface area contributed by atoms with Crippen molar-refractivity contribution >= 4 is 28.1 Å². The molecule has 0 aliphatic carbocycles. The number of nitrogens with one attached hydrogen (secondary N) is 1. The van der Waals surface area contributed by atoms with Gasteiger partial charge in [0.15, 0.2) is 0 Å². The fourth-order valence-corrected chi connectivity index (χ4v) is 2.90. The second-order valence-electron chi connectivity index (χ2n) is 4.60. The molecule has 2 heterocycles. The van der Waals surface area contributed by atoms with E-state index < -0.39 is 0 Å². The second-order valence-corrected chi connectivity index (χ2v) is 5.58. The molecule has 0 spiro atoms. The third-order valence-corrected chi connectivity index (χ3v) is 4.09. The number of aromatic nitrogens is 2. The smallest absolute Gasteiger partial charge is 0.253 e. The van der Waals surface area contributed by atoms with Gasteiger partial charge in [-0.25, -0.2) is 4.98 Å². The van der Waals surface area contributed by atoms with Crippen LogP contribution in [0.3, 0.4) is 0 Å². The Bertz CT molecular complexity index is 731. The van der Waals surface area contributed by atoms with Crippen LogP contribution >= 0.6 is 11.3 Å². The number of para-hydroxylation sites is 1. The Morgan fingerprint density at radius 3 is 3.05 bits per heavy atom. The maximum atomic E-state index is 12.3. The lowest BCUT2D eigenvalue weighted by molar-refractivity contribution is 0.0955. The number of hydrogen-bond donors (Lipinski definition) is 1. The van der Waals surface area contributed by atoms with Gasteiger partial charge in [-0.15, -0.1) is 11.3 Å². The predicted octanol–water partition coefficient (Wildman–Crippen LogP) is 2.61. The van der Waals surface area contributed by atoms with Crippen LogP contribution in [0.25, 0.3) is 10.9 Å². The summed E-state index contributed by atoms with van der Waals surface area (Å²) in [6.45, 7) is 0.607. The fourth-order valence-electron chi connectivity index (χ4n) is 2.28. The Labute approximate surface area is 121 Å². The number of benzene rings is 1. The SMILES string of the molecule is Cn1cc(C(=O)NCCc2nccs2)c2ccccc21. The topological polar surface area (TPSA) is 46.9 Å². The van der Waals surface area contributed by atoms with Crippen LogP contribution in [0.1, 0.15) is 15.4 Å². The summed E-state index contributed by atoms with van der Waals surface area (Å²) in [6.07, 6.45) is 4.43. The molecule has 1 N–H and O–H groups in total. The molecular formula is C15H15N3OS. The summed E-state index contributed by atoms with van der Waals surface area (Å²) in [6, 6.07) is 7.92. The van der Waals surface area contributed by atoms with E-state index in [2.05, 4.69) is 10.3 Å². The molecule has 5 heteroatoms. The third-order valence-electron chi connectivity index (χ3n) is 3.25. The first-order valence-electron chi connectivity index (χ1n) is 6.46. The number of fused-ring (bicyclic) bond motifs is 1. The zero-order valence-corrected chi connectivity index (χ0v) is 12.0. The zero-order valence-electron chi connectivity index (χ0n) is 11.2. The Morgan fingerprint density at radius 2 is 2.25 bits per heavy atom. The molecule has 0 radical (unpaired) electrons. The van der Waals surface area contributed by atoms with E-state index in [9.17, 15) is 4.79 Å². The van der Waals surface area contributed by atoms with Gasteiger partial charge in [0.25, 0.3) is 5.91 Å². The minimum absolute atomic E-state index is 0.0293. The minimum atomic E-state index is -0.0293. The monoisotopic (exact) mass is 285 g/mol. The number of rotatable bonds is 4. The number of carbonyl (C=O) groups is 1. The van der Waals surface area contributed by atoms with E-state index in [0.29, 0.717) is 6.54 Å². The van der Waals surface area contributed by atoms with Crippen molar-refractivity contribution in [2.45, 2.75) is 6.42 Å². The summed E-state index contributed by atoms with van der Waals surface area (Å²) >= 11 is 1.61. The van der Waals surface area contributed by atoms with Crippen LogP contribution in [0.15, 0.2) is 42.0 Å². The number of amides is 1. The molecule has 1 aromatic carbocycles. The molecule has 20 heavy (non-hydrogen) atoms. The van der Waals surface area contributed by atoms with Crippen molar-refractivity contribution in [3.05, 3.63) is 52.6 Å². The van der Waals surface area contributed by atoms with E-state index in [4.69, 9.17) is 0 Å². The highest BCUT2D eigenvalue weighted by atomic mass is 32.1. The Morgan fingerprint density at radius 1 is 1.40 bits per heavy atom. The van der Waals surface area contributed by atoms with Crippen LogP contribution in [0, 0.1) is 0 Å². The summed E-state index contributed by atoms with van der Waals surface area (Å²) < 4.78 is 1.98. The van der Waals surface area contributed by atoms with Crippen LogP contribution in [0.5, 0.6) is 0 Å². The summed E-state index contributed by atoms with van der Waals surface area (Å²) in [5.41, 5.74) is 1.79. The van der Waals surface area contributed by atoms with E-state index >= 15 is 0 Å². The molecule has 2 aromatic heterocycles. The number of carbonyl (C=O) groups excluding carboxylic acids is 1. The van der Waals surface area contributed by atoms with Crippen molar-refractivity contribution in [3.63, 3.8) is 0 Å². The van der Waals surface area contributed by atoms with E-state index in [-0.39, 0.29) is 5.91 Å². The zero-order chi connectivity index (χ0) is 13.9. The third kappa shape index (κ3) is 2.44.